The summed E-state index contributed by atoms with van der Waals surface area (Å²) >= 11 is 5.89. The molecule has 1 amide bonds. The van der Waals surface area contributed by atoms with Gasteiger partial charge in [0.15, 0.2) is 0 Å². The third-order valence-corrected chi connectivity index (χ3v) is 3.49. The quantitative estimate of drug-likeness (QED) is 0.929. The van der Waals surface area contributed by atoms with Crippen LogP contribution in [-0.4, -0.2) is 42.6 Å². The second-order valence-electron chi connectivity index (χ2n) is 5.33. The predicted molar refractivity (Wildman–Crippen MR) is 81.1 cm³/mol. The van der Waals surface area contributed by atoms with E-state index in [0.717, 1.165) is 25.3 Å². The molecule has 1 aliphatic rings. The molecule has 1 fully saturated rings. The SMILES string of the molecule is C[C@H]1CN(CCC(=O)Nc2cccc(Cl)c2)C[C@H](C)O1. The van der Waals surface area contributed by atoms with Crippen molar-refractivity contribution < 1.29 is 9.53 Å². The molecule has 20 heavy (non-hydrogen) atoms. The molecule has 0 saturated carbocycles. The third kappa shape index (κ3) is 4.78. The molecule has 1 heterocycles. The van der Waals surface area contributed by atoms with Gasteiger partial charge in [0, 0.05) is 36.8 Å². The summed E-state index contributed by atoms with van der Waals surface area (Å²) in [6.07, 6.45) is 0.941. The number of ether oxygens (including phenoxy) is 1. The van der Waals surface area contributed by atoms with Crippen molar-refractivity contribution in [2.24, 2.45) is 0 Å². The van der Waals surface area contributed by atoms with E-state index >= 15 is 0 Å². The van der Waals surface area contributed by atoms with Crippen LogP contribution in [0.4, 0.5) is 5.69 Å². The van der Waals surface area contributed by atoms with E-state index in [4.69, 9.17) is 16.3 Å². The summed E-state index contributed by atoms with van der Waals surface area (Å²) < 4.78 is 5.68. The Labute approximate surface area is 125 Å². The molecule has 0 spiro atoms. The minimum absolute atomic E-state index is 0.0130. The molecular weight excluding hydrogens is 276 g/mol. The van der Waals surface area contributed by atoms with Gasteiger partial charge >= 0.3 is 0 Å². The van der Waals surface area contributed by atoms with E-state index in [1.165, 1.54) is 0 Å². The minimum atomic E-state index is 0.0130. The standard InChI is InChI=1S/C15H21ClN2O2/c1-11-9-18(10-12(2)20-11)7-6-15(19)17-14-5-3-4-13(16)8-14/h3-5,8,11-12H,6-7,9-10H2,1-2H3,(H,17,19)/t11-,12-/m0/s1. The van der Waals surface area contributed by atoms with E-state index in [2.05, 4.69) is 24.1 Å². The van der Waals surface area contributed by atoms with Crippen LogP contribution in [0.15, 0.2) is 24.3 Å². The summed E-state index contributed by atoms with van der Waals surface area (Å²) in [4.78, 5) is 14.2. The molecule has 2 atom stereocenters. The van der Waals surface area contributed by atoms with E-state index in [1.54, 1.807) is 12.1 Å². The van der Waals surface area contributed by atoms with Crippen LogP contribution in [0.25, 0.3) is 0 Å². The van der Waals surface area contributed by atoms with Crippen molar-refractivity contribution in [1.29, 1.82) is 0 Å². The van der Waals surface area contributed by atoms with Gasteiger partial charge < -0.3 is 10.1 Å². The van der Waals surface area contributed by atoms with Crippen LogP contribution >= 0.6 is 11.6 Å². The molecule has 1 saturated heterocycles. The van der Waals surface area contributed by atoms with Gasteiger partial charge in [0.25, 0.3) is 0 Å². The van der Waals surface area contributed by atoms with E-state index < -0.39 is 0 Å². The maximum atomic E-state index is 11.9. The van der Waals surface area contributed by atoms with E-state index in [0.29, 0.717) is 11.4 Å². The Bertz CT molecular complexity index is 457. The fourth-order valence-corrected chi connectivity index (χ4v) is 2.71. The van der Waals surface area contributed by atoms with Crippen LogP contribution < -0.4 is 5.32 Å². The highest BCUT2D eigenvalue weighted by atomic mass is 35.5. The Morgan fingerprint density at radius 3 is 2.75 bits per heavy atom. The van der Waals surface area contributed by atoms with Crippen molar-refractivity contribution in [2.45, 2.75) is 32.5 Å². The summed E-state index contributed by atoms with van der Waals surface area (Å²) in [5, 5.41) is 3.49. The fourth-order valence-electron chi connectivity index (χ4n) is 2.52. The average Bonchev–Trinajstić information content (AvgIpc) is 2.35. The summed E-state index contributed by atoms with van der Waals surface area (Å²) in [5.74, 6) is 0.0130. The lowest BCUT2D eigenvalue weighted by atomic mass is 10.2. The monoisotopic (exact) mass is 296 g/mol. The molecule has 4 nitrogen and oxygen atoms in total. The fraction of sp³-hybridized carbons (Fsp3) is 0.533. The zero-order valence-corrected chi connectivity index (χ0v) is 12.7. The summed E-state index contributed by atoms with van der Waals surface area (Å²) in [5.41, 5.74) is 0.742. The molecule has 2 rings (SSSR count). The minimum Gasteiger partial charge on any atom is -0.373 e. The van der Waals surface area contributed by atoms with Crippen LogP contribution in [0, 0.1) is 0 Å². The van der Waals surface area contributed by atoms with Crippen LogP contribution in [0.3, 0.4) is 0 Å². The molecule has 1 aromatic rings. The summed E-state index contributed by atoms with van der Waals surface area (Å²) in [7, 11) is 0. The lowest BCUT2D eigenvalue weighted by Gasteiger charge is -2.35. The van der Waals surface area contributed by atoms with Gasteiger partial charge in [0.05, 0.1) is 12.2 Å². The van der Waals surface area contributed by atoms with Crippen molar-refractivity contribution in [3.05, 3.63) is 29.3 Å². The van der Waals surface area contributed by atoms with Crippen molar-refractivity contribution in [2.75, 3.05) is 25.0 Å². The molecule has 0 aromatic heterocycles. The molecule has 1 aromatic carbocycles. The second kappa shape index (κ2) is 7.07. The lowest BCUT2D eigenvalue weighted by molar-refractivity contribution is -0.117. The first-order valence-corrected chi connectivity index (χ1v) is 7.34. The van der Waals surface area contributed by atoms with E-state index in [-0.39, 0.29) is 18.1 Å². The molecule has 0 unspecified atom stereocenters. The van der Waals surface area contributed by atoms with E-state index in [1.807, 2.05) is 12.1 Å². The Morgan fingerprint density at radius 1 is 1.40 bits per heavy atom. The number of carbonyl (C=O) groups excluding carboxylic acids is 1. The molecule has 1 aliphatic heterocycles. The predicted octanol–water partition coefficient (Wildman–Crippen LogP) is 2.78. The Balaban J connectivity index is 1.77. The smallest absolute Gasteiger partial charge is 0.225 e. The Hall–Kier alpha value is -1.10. The van der Waals surface area contributed by atoms with Crippen molar-refractivity contribution in [3.63, 3.8) is 0 Å². The molecule has 110 valence electrons. The third-order valence-electron chi connectivity index (χ3n) is 3.26. The zero-order valence-electron chi connectivity index (χ0n) is 11.9. The first-order chi connectivity index (χ1) is 9.52. The zero-order chi connectivity index (χ0) is 14.5. The highest BCUT2D eigenvalue weighted by Crippen LogP contribution is 2.15. The van der Waals surface area contributed by atoms with E-state index in [9.17, 15) is 4.79 Å². The Morgan fingerprint density at radius 2 is 2.10 bits per heavy atom. The first-order valence-electron chi connectivity index (χ1n) is 6.96. The Kier molecular flexibility index (Phi) is 5.40. The molecule has 5 heteroatoms. The number of carbonyl (C=O) groups is 1. The van der Waals surface area contributed by atoms with Crippen molar-refractivity contribution in [3.8, 4) is 0 Å². The van der Waals surface area contributed by atoms with Crippen LogP contribution in [-0.2, 0) is 9.53 Å². The number of rotatable bonds is 4. The number of benzene rings is 1. The second-order valence-corrected chi connectivity index (χ2v) is 5.76. The first kappa shape index (κ1) is 15.3. The van der Waals surface area contributed by atoms with Gasteiger partial charge in [-0.15, -0.1) is 0 Å². The number of nitrogens with zero attached hydrogens (tertiary/aromatic N) is 1. The lowest BCUT2D eigenvalue weighted by Crippen LogP contribution is -2.46. The topological polar surface area (TPSA) is 41.6 Å². The molecule has 1 N–H and O–H groups in total. The summed E-state index contributed by atoms with van der Waals surface area (Å²) in [6.45, 7) is 6.65. The maximum Gasteiger partial charge on any atom is 0.225 e. The van der Waals surface area contributed by atoms with Gasteiger partial charge in [0.2, 0.25) is 5.91 Å². The van der Waals surface area contributed by atoms with Gasteiger partial charge in [-0.3, -0.25) is 9.69 Å². The van der Waals surface area contributed by atoms with Crippen molar-refractivity contribution >= 4 is 23.2 Å². The van der Waals surface area contributed by atoms with Crippen LogP contribution in [0.2, 0.25) is 5.02 Å². The molecule has 0 aliphatic carbocycles. The number of halogens is 1. The van der Waals surface area contributed by atoms with Crippen LogP contribution in [0.1, 0.15) is 20.3 Å². The van der Waals surface area contributed by atoms with Gasteiger partial charge in [0.1, 0.15) is 0 Å². The number of hydrogen-bond donors (Lipinski definition) is 1. The van der Waals surface area contributed by atoms with Gasteiger partial charge in [-0.1, -0.05) is 17.7 Å². The van der Waals surface area contributed by atoms with Gasteiger partial charge in [-0.25, -0.2) is 0 Å². The number of nitrogens with one attached hydrogen (secondary N) is 1. The summed E-state index contributed by atoms with van der Waals surface area (Å²) in [6, 6.07) is 7.19. The molecule has 0 radical (unpaired) electrons. The largest absolute Gasteiger partial charge is 0.373 e. The normalized spacial score (nSPS) is 23.6. The van der Waals surface area contributed by atoms with Crippen LogP contribution in [0.5, 0.6) is 0 Å². The highest BCUT2D eigenvalue weighted by molar-refractivity contribution is 6.30. The van der Waals surface area contributed by atoms with Crippen molar-refractivity contribution in [1.82, 2.24) is 4.90 Å². The average molecular weight is 297 g/mol. The molecule has 0 bridgehead atoms. The number of amides is 1. The highest BCUT2D eigenvalue weighted by Gasteiger charge is 2.22. The van der Waals surface area contributed by atoms with Gasteiger partial charge in [-0.05, 0) is 32.0 Å². The van der Waals surface area contributed by atoms with Gasteiger partial charge in [-0.2, -0.15) is 0 Å². The number of hydrogen-bond acceptors (Lipinski definition) is 3. The maximum absolute atomic E-state index is 11.9. The molecular formula is C15H21ClN2O2. The number of morpholine rings is 1. The number of anilines is 1.